The molecule has 0 radical (unpaired) electrons. The Morgan fingerprint density at radius 2 is 1.04 bits per heavy atom. The molecule has 0 unspecified atom stereocenters. The van der Waals surface area contributed by atoms with Crippen LogP contribution < -0.4 is 33.4 Å². The first kappa shape index (κ1) is 21.2. The summed E-state index contributed by atoms with van der Waals surface area (Å²) in [6, 6.07) is 13.1. The van der Waals surface area contributed by atoms with E-state index in [1.165, 1.54) is 10.0 Å². The van der Waals surface area contributed by atoms with E-state index in [4.69, 9.17) is 23.4 Å². The molecule has 0 aliphatic heterocycles. The Hall–Kier alpha value is -3.06. The molecule has 0 saturated heterocycles. The summed E-state index contributed by atoms with van der Waals surface area (Å²) < 4.78 is 0. The summed E-state index contributed by atoms with van der Waals surface area (Å²) in [6.45, 7) is 0. The second-order valence-corrected chi connectivity index (χ2v) is 7.21. The molecule has 10 nitrogen and oxygen atoms in total. The zero-order valence-electron chi connectivity index (χ0n) is 14.5. The summed E-state index contributed by atoms with van der Waals surface area (Å²) in [7, 11) is 2.16. The van der Waals surface area contributed by atoms with Crippen LogP contribution in [0.2, 0.25) is 0 Å². The number of nitrogens with two attached hydrogens (primary N) is 4. The normalized spacial score (nSPS) is 11.8. The molecule has 0 aromatic heterocycles. The molecule has 2 aromatic carbocycles. The molecule has 0 atom stereocenters. The average molecular weight is 419 g/mol. The lowest BCUT2D eigenvalue weighted by atomic mass is 10.2. The van der Waals surface area contributed by atoms with Gasteiger partial charge in [-0.2, -0.15) is 10.2 Å². The molecule has 0 saturated carbocycles. The molecule has 2 rings (SSSR count). The number of carbonyl (C=O) groups excluding carboxylic acids is 2. The third-order valence-corrected chi connectivity index (χ3v) is 5.57. The molecule has 0 amide bonds. The molecule has 0 aliphatic rings. The molecule has 8 N–H and O–H groups in total. The van der Waals surface area contributed by atoms with Gasteiger partial charge < -0.3 is 11.7 Å². The highest BCUT2D eigenvalue weighted by Crippen LogP contribution is 2.29. The molecule has 28 heavy (non-hydrogen) atoms. The third-order valence-electron chi connectivity index (χ3n) is 3.44. The van der Waals surface area contributed by atoms with Gasteiger partial charge in [-0.3, -0.25) is 19.6 Å². The van der Waals surface area contributed by atoms with Crippen LogP contribution >= 0.6 is 21.6 Å². The Bertz CT molecular complexity index is 798. The van der Waals surface area contributed by atoms with Gasteiger partial charge in [0, 0.05) is 11.1 Å². The van der Waals surface area contributed by atoms with Crippen LogP contribution in [0.5, 0.6) is 0 Å². The van der Waals surface area contributed by atoms with Crippen molar-refractivity contribution >= 4 is 55.9 Å². The van der Waals surface area contributed by atoms with Crippen molar-refractivity contribution in [3.63, 3.8) is 0 Å². The fraction of sp³-hybridized carbons (Fsp3) is 0. The monoisotopic (exact) mass is 418 g/mol. The summed E-state index contributed by atoms with van der Waals surface area (Å²) >= 11 is 0. The van der Waals surface area contributed by atoms with E-state index in [0.717, 1.165) is 34.2 Å². The van der Waals surface area contributed by atoms with Gasteiger partial charge >= 0.3 is 0 Å². The Morgan fingerprint density at radius 1 is 0.714 bits per heavy atom. The van der Waals surface area contributed by atoms with E-state index in [1.54, 1.807) is 48.5 Å². The fourth-order valence-corrected chi connectivity index (χ4v) is 3.76. The van der Waals surface area contributed by atoms with Gasteiger partial charge in [-0.15, -0.1) is 0 Å². The number of benzene rings is 2. The number of amidine groups is 2. The van der Waals surface area contributed by atoms with Crippen molar-refractivity contribution in [3.8, 4) is 0 Å². The van der Waals surface area contributed by atoms with Crippen molar-refractivity contribution in [3.05, 3.63) is 59.7 Å². The Labute approximate surface area is 168 Å². The highest BCUT2D eigenvalue weighted by molar-refractivity contribution is 8.87. The van der Waals surface area contributed by atoms with Gasteiger partial charge in [0.25, 0.3) is 0 Å². The quantitative estimate of drug-likeness (QED) is 0.141. The smallest absolute Gasteiger partial charge is 0.212 e. The van der Waals surface area contributed by atoms with Crippen LogP contribution in [0.3, 0.4) is 0 Å². The SMILES string of the molecule is N/N=C(/SS/C(=N/N)N(N)c1ccc(C=O)cc1)N(N)c1ccc(C=O)cc1. The molecule has 2 aromatic rings. The van der Waals surface area contributed by atoms with Crippen LogP contribution in [-0.2, 0) is 0 Å². The maximum absolute atomic E-state index is 10.8. The Kier molecular flexibility index (Phi) is 7.83. The van der Waals surface area contributed by atoms with E-state index < -0.39 is 0 Å². The van der Waals surface area contributed by atoms with Crippen LogP contribution in [-0.4, -0.2) is 22.9 Å². The molecule has 0 bridgehead atoms. The number of carbonyl (C=O) groups is 2. The van der Waals surface area contributed by atoms with E-state index in [1.807, 2.05) is 0 Å². The molecule has 0 heterocycles. The van der Waals surface area contributed by atoms with Gasteiger partial charge in [-0.1, -0.05) is 0 Å². The zero-order valence-corrected chi connectivity index (χ0v) is 16.1. The summed E-state index contributed by atoms with van der Waals surface area (Å²) in [6.07, 6.45) is 1.46. The first-order chi connectivity index (χ1) is 13.5. The summed E-state index contributed by atoms with van der Waals surface area (Å²) in [4.78, 5) is 21.5. The van der Waals surface area contributed by atoms with Crippen molar-refractivity contribution in [1.29, 1.82) is 0 Å². The minimum Gasteiger partial charge on any atom is -0.321 e. The summed E-state index contributed by atoms with van der Waals surface area (Å²) in [5.41, 5.74) is 2.18. The number of anilines is 2. The van der Waals surface area contributed by atoms with Crippen molar-refractivity contribution in [2.75, 3.05) is 10.0 Å². The number of nitrogens with zero attached hydrogens (tertiary/aromatic N) is 4. The maximum atomic E-state index is 10.8. The van der Waals surface area contributed by atoms with Crippen molar-refractivity contribution in [1.82, 2.24) is 0 Å². The van der Waals surface area contributed by atoms with Crippen molar-refractivity contribution < 1.29 is 9.59 Å². The molecule has 0 aliphatic carbocycles. The van der Waals surface area contributed by atoms with Crippen LogP contribution in [0.15, 0.2) is 58.7 Å². The standard InChI is InChI=1S/C16H18N8O2S2/c17-21-15(23(19)13-5-1-11(9-25)2-6-13)27-28-16(22-18)24(20)14-7-3-12(10-26)4-8-14/h1-10H,17-20H2/b21-15+,22-16+. The van der Waals surface area contributed by atoms with Gasteiger partial charge in [-0.25, -0.2) is 11.7 Å². The van der Waals surface area contributed by atoms with Gasteiger partial charge in [0.05, 0.1) is 11.4 Å². The Balaban J connectivity index is 2.06. The summed E-state index contributed by atoms with van der Waals surface area (Å²) in [5.74, 6) is 23.0. The maximum Gasteiger partial charge on any atom is 0.212 e. The third kappa shape index (κ3) is 5.23. The lowest BCUT2D eigenvalue weighted by Gasteiger charge is -2.21. The highest BCUT2D eigenvalue weighted by atomic mass is 33.1. The van der Waals surface area contributed by atoms with Gasteiger partial charge in [0.1, 0.15) is 12.6 Å². The number of hydrazone groups is 2. The second-order valence-electron chi connectivity index (χ2n) is 5.15. The minimum absolute atomic E-state index is 0.245. The number of rotatable bonds is 4. The average Bonchev–Trinajstić information content (AvgIpc) is 2.76. The molecule has 12 heteroatoms. The molecular weight excluding hydrogens is 400 g/mol. The fourth-order valence-electron chi connectivity index (χ4n) is 1.97. The number of hydrogen-bond donors (Lipinski definition) is 4. The minimum atomic E-state index is 0.245. The lowest BCUT2D eigenvalue weighted by molar-refractivity contribution is 0.111. The van der Waals surface area contributed by atoms with Gasteiger partial charge in [0.15, 0.2) is 0 Å². The van der Waals surface area contributed by atoms with E-state index in [2.05, 4.69) is 10.2 Å². The Morgan fingerprint density at radius 3 is 1.29 bits per heavy atom. The zero-order chi connectivity index (χ0) is 20.5. The molecule has 0 fully saturated rings. The van der Waals surface area contributed by atoms with Crippen molar-refractivity contribution in [2.45, 2.75) is 0 Å². The van der Waals surface area contributed by atoms with Gasteiger partial charge in [-0.05, 0) is 70.1 Å². The van der Waals surface area contributed by atoms with Crippen LogP contribution in [0.25, 0.3) is 0 Å². The van der Waals surface area contributed by atoms with Crippen molar-refractivity contribution in [2.24, 2.45) is 33.6 Å². The van der Waals surface area contributed by atoms with Gasteiger partial charge in [0.2, 0.25) is 10.3 Å². The molecule has 0 spiro atoms. The largest absolute Gasteiger partial charge is 0.321 e. The predicted molar refractivity (Wildman–Crippen MR) is 115 cm³/mol. The predicted octanol–water partition coefficient (Wildman–Crippen LogP) is 1.21. The van der Waals surface area contributed by atoms with Crippen LogP contribution in [0.1, 0.15) is 20.7 Å². The van der Waals surface area contributed by atoms with Crippen LogP contribution in [0.4, 0.5) is 11.4 Å². The lowest BCUT2D eigenvalue weighted by Crippen LogP contribution is -2.38. The number of hydrazine groups is 2. The van der Waals surface area contributed by atoms with E-state index >= 15 is 0 Å². The first-order valence-electron chi connectivity index (χ1n) is 7.64. The molecule has 146 valence electrons. The molecular formula is C16H18N8O2S2. The summed E-state index contributed by atoms with van der Waals surface area (Å²) in [5, 5.41) is 10.3. The van der Waals surface area contributed by atoms with Crippen LogP contribution in [0, 0.1) is 0 Å². The highest BCUT2D eigenvalue weighted by Gasteiger charge is 2.17. The van der Waals surface area contributed by atoms with E-state index in [-0.39, 0.29) is 10.3 Å². The topological polar surface area (TPSA) is 169 Å². The number of aldehydes is 2. The second kappa shape index (κ2) is 10.3. The first-order valence-corrected chi connectivity index (χ1v) is 9.79. The number of hydrogen-bond acceptors (Lipinski definition) is 10. The van der Waals surface area contributed by atoms with E-state index in [0.29, 0.717) is 22.5 Å². The van der Waals surface area contributed by atoms with E-state index in [9.17, 15) is 9.59 Å².